The molecule has 5 heteroatoms. The van der Waals surface area contributed by atoms with Crippen LogP contribution in [0.4, 0.5) is 4.79 Å². The fraction of sp³-hybridized carbons (Fsp3) is 0.870. The van der Waals surface area contributed by atoms with Gasteiger partial charge in [0.15, 0.2) is 0 Å². The molecule has 28 heavy (non-hydrogen) atoms. The zero-order chi connectivity index (χ0) is 20.6. The first-order valence-corrected chi connectivity index (χ1v) is 11.7. The van der Waals surface area contributed by atoms with Gasteiger partial charge in [-0.15, -0.1) is 0 Å². The SMILES string of the molecule is CCCCCCCCCCCCCCCCCCC1C(=O)NC(=O)N(C)C1=O. The first-order valence-electron chi connectivity index (χ1n) is 11.7. The molecule has 5 nitrogen and oxygen atoms in total. The highest BCUT2D eigenvalue weighted by atomic mass is 16.2. The fourth-order valence-electron chi connectivity index (χ4n) is 3.87. The lowest BCUT2D eigenvalue weighted by Crippen LogP contribution is -2.56. The summed E-state index contributed by atoms with van der Waals surface area (Å²) >= 11 is 0. The second-order valence-corrected chi connectivity index (χ2v) is 8.34. The first-order chi connectivity index (χ1) is 13.6. The second kappa shape index (κ2) is 15.5. The Kier molecular flexibility index (Phi) is 13.7. The number of nitrogens with one attached hydrogen (secondary N) is 1. The van der Waals surface area contributed by atoms with Crippen LogP contribution in [0.15, 0.2) is 0 Å². The van der Waals surface area contributed by atoms with Crippen molar-refractivity contribution in [3.8, 4) is 0 Å². The number of unbranched alkanes of at least 4 members (excludes halogenated alkanes) is 15. The predicted octanol–water partition coefficient (Wildman–Crippen LogP) is 5.96. The smallest absolute Gasteiger partial charge is 0.277 e. The van der Waals surface area contributed by atoms with Gasteiger partial charge in [0.1, 0.15) is 5.92 Å². The molecule has 0 aliphatic carbocycles. The van der Waals surface area contributed by atoms with E-state index in [0.717, 1.165) is 24.2 Å². The Morgan fingerprint density at radius 3 is 1.50 bits per heavy atom. The van der Waals surface area contributed by atoms with Crippen LogP contribution in [0.25, 0.3) is 0 Å². The number of rotatable bonds is 17. The number of hydrogen-bond donors (Lipinski definition) is 1. The third kappa shape index (κ3) is 10.2. The Balaban J connectivity index is 1.86. The van der Waals surface area contributed by atoms with Crippen LogP contribution >= 0.6 is 0 Å². The minimum absolute atomic E-state index is 0.366. The molecule has 1 aliphatic rings. The van der Waals surface area contributed by atoms with Gasteiger partial charge in [0.25, 0.3) is 0 Å². The number of amides is 4. The molecule has 1 N–H and O–H groups in total. The van der Waals surface area contributed by atoms with E-state index >= 15 is 0 Å². The topological polar surface area (TPSA) is 66.5 Å². The van der Waals surface area contributed by atoms with Crippen LogP contribution in [0.3, 0.4) is 0 Å². The number of nitrogens with zero attached hydrogens (tertiary/aromatic N) is 1. The van der Waals surface area contributed by atoms with Crippen molar-refractivity contribution in [2.24, 2.45) is 5.92 Å². The maximum atomic E-state index is 12.0. The molecule has 4 amide bonds. The molecule has 0 aromatic rings. The molecule has 162 valence electrons. The van der Waals surface area contributed by atoms with Crippen molar-refractivity contribution in [2.45, 2.75) is 116 Å². The molecular weight excluding hydrogens is 352 g/mol. The van der Waals surface area contributed by atoms with Crippen molar-refractivity contribution in [2.75, 3.05) is 7.05 Å². The van der Waals surface area contributed by atoms with Crippen LogP contribution in [-0.2, 0) is 9.59 Å². The van der Waals surface area contributed by atoms with Crippen molar-refractivity contribution < 1.29 is 14.4 Å². The minimum atomic E-state index is -0.686. The molecule has 1 unspecified atom stereocenters. The maximum absolute atomic E-state index is 12.0. The summed E-state index contributed by atoms with van der Waals surface area (Å²) in [4.78, 5) is 36.1. The lowest BCUT2D eigenvalue weighted by atomic mass is 9.96. The van der Waals surface area contributed by atoms with Crippen LogP contribution in [0.1, 0.15) is 116 Å². The molecule has 0 aromatic heterocycles. The molecule has 0 spiro atoms. The van der Waals surface area contributed by atoms with Crippen molar-refractivity contribution in [1.82, 2.24) is 10.2 Å². The molecule has 1 atom stereocenters. The third-order valence-electron chi connectivity index (χ3n) is 5.83. The average molecular weight is 395 g/mol. The highest BCUT2D eigenvalue weighted by Gasteiger charge is 2.37. The van der Waals surface area contributed by atoms with Gasteiger partial charge in [-0.1, -0.05) is 110 Å². The summed E-state index contributed by atoms with van der Waals surface area (Å²) in [6, 6.07) is -0.613. The molecule has 0 bridgehead atoms. The van der Waals surface area contributed by atoms with E-state index in [1.54, 1.807) is 0 Å². The number of urea groups is 1. The van der Waals surface area contributed by atoms with Gasteiger partial charge >= 0.3 is 6.03 Å². The van der Waals surface area contributed by atoms with Gasteiger partial charge in [-0.05, 0) is 6.42 Å². The van der Waals surface area contributed by atoms with Crippen LogP contribution in [0, 0.1) is 5.92 Å². The van der Waals surface area contributed by atoms with E-state index in [4.69, 9.17) is 0 Å². The lowest BCUT2D eigenvalue weighted by molar-refractivity contribution is -0.142. The standard InChI is InChI=1S/C23H42N2O3/c1-3-4-5-6-7-8-9-10-11-12-13-14-15-16-17-18-19-20-21(26)24-23(28)25(2)22(20)27/h20H,3-19H2,1-2H3,(H,24,26,28). The van der Waals surface area contributed by atoms with E-state index < -0.39 is 17.9 Å². The zero-order valence-corrected chi connectivity index (χ0v) is 18.3. The Morgan fingerprint density at radius 2 is 1.07 bits per heavy atom. The van der Waals surface area contributed by atoms with E-state index in [1.165, 1.54) is 90.5 Å². The summed E-state index contributed by atoms with van der Waals surface area (Å²) < 4.78 is 0. The summed E-state index contributed by atoms with van der Waals surface area (Å²) in [6.07, 6.45) is 21.4. The van der Waals surface area contributed by atoms with E-state index in [-0.39, 0.29) is 5.91 Å². The summed E-state index contributed by atoms with van der Waals surface area (Å²) in [7, 11) is 1.42. The highest BCUT2D eigenvalue weighted by Crippen LogP contribution is 2.18. The third-order valence-corrected chi connectivity index (χ3v) is 5.83. The largest absolute Gasteiger partial charge is 0.330 e. The fourth-order valence-corrected chi connectivity index (χ4v) is 3.87. The van der Waals surface area contributed by atoms with Crippen molar-refractivity contribution in [3.05, 3.63) is 0 Å². The van der Waals surface area contributed by atoms with Gasteiger partial charge in [0, 0.05) is 7.05 Å². The summed E-state index contributed by atoms with van der Waals surface area (Å²) in [5.41, 5.74) is 0. The van der Waals surface area contributed by atoms with Gasteiger partial charge in [0.05, 0.1) is 0 Å². The Labute approximate surface area is 172 Å². The van der Waals surface area contributed by atoms with Crippen molar-refractivity contribution in [1.29, 1.82) is 0 Å². The number of barbiturate groups is 1. The second-order valence-electron chi connectivity index (χ2n) is 8.34. The quantitative estimate of drug-likeness (QED) is 0.244. The molecule has 0 aromatic carbocycles. The number of hydrogen-bond acceptors (Lipinski definition) is 3. The Morgan fingerprint density at radius 1 is 0.679 bits per heavy atom. The predicted molar refractivity (Wildman–Crippen MR) is 114 cm³/mol. The van der Waals surface area contributed by atoms with Crippen molar-refractivity contribution >= 4 is 17.8 Å². The molecule has 1 fully saturated rings. The summed E-state index contributed by atoms with van der Waals surface area (Å²) in [5, 5.41) is 2.24. The van der Waals surface area contributed by atoms with E-state index in [2.05, 4.69) is 12.2 Å². The van der Waals surface area contributed by atoms with Gasteiger partial charge in [-0.25, -0.2) is 4.79 Å². The molecule has 0 saturated carbocycles. The van der Waals surface area contributed by atoms with Crippen molar-refractivity contribution in [3.63, 3.8) is 0 Å². The highest BCUT2D eigenvalue weighted by molar-refractivity contribution is 6.15. The van der Waals surface area contributed by atoms with Crippen LogP contribution in [-0.4, -0.2) is 29.8 Å². The maximum Gasteiger partial charge on any atom is 0.330 e. The number of carbonyl (C=O) groups is 3. The Bertz CT molecular complexity index is 465. The molecule has 0 radical (unpaired) electrons. The van der Waals surface area contributed by atoms with Gasteiger partial charge in [0.2, 0.25) is 11.8 Å². The molecule has 1 rings (SSSR count). The van der Waals surface area contributed by atoms with Gasteiger partial charge in [-0.2, -0.15) is 0 Å². The molecule has 1 aliphatic heterocycles. The monoisotopic (exact) mass is 394 g/mol. The van der Waals surface area contributed by atoms with E-state index in [1.807, 2.05) is 0 Å². The lowest BCUT2D eigenvalue weighted by Gasteiger charge is -2.27. The molecule has 1 saturated heterocycles. The van der Waals surface area contributed by atoms with Gasteiger partial charge < -0.3 is 0 Å². The van der Waals surface area contributed by atoms with Crippen LogP contribution < -0.4 is 5.32 Å². The number of imide groups is 2. The number of carbonyl (C=O) groups excluding carboxylic acids is 3. The molecular formula is C23H42N2O3. The molecule has 1 heterocycles. The first kappa shape index (κ1) is 24.6. The van der Waals surface area contributed by atoms with Crippen LogP contribution in [0.2, 0.25) is 0 Å². The Hall–Kier alpha value is -1.39. The zero-order valence-electron chi connectivity index (χ0n) is 18.3. The summed E-state index contributed by atoms with van der Waals surface area (Å²) in [6.45, 7) is 2.27. The average Bonchev–Trinajstić information content (AvgIpc) is 2.68. The van der Waals surface area contributed by atoms with Crippen LogP contribution in [0.5, 0.6) is 0 Å². The summed E-state index contributed by atoms with van der Waals surface area (Å²) in [5.74, 6) is -1.49. The minimum Gasteiger partial charge on any atom is -0.277 e. The van der Waals surface area contributed by atoms with E-state index in [9.17, 15) is 14.4 Å². The van der Waals surface area contributed by atoms with Gasteiger partial charge in [-0.3, -0.25) is 19.8 Å². The van der Waals surface area contributed by atoms with E-state index in [0.29, 0.717) is 6.42 Å². The normalized spacial score (nSPS) is 17.3.